The monoisotopic (exact) mass is 99.0 g/mol. The fourth-order valence-corrected chi connectivity index (χ4v) is 0.192. The highest BCUT2D eigenvalue weighted by atomic mass is 16.5. The summed E-state index contributed by atoms with van der Waals surface area (Å²) in [6, 6.07) is 0. The van der Waals surface area contributed by atoms with Crippen LogP contribution in [0, 0.1) is 0 Å². The van der Waals surface area contributed by atoms with Gasteiger partial charge in [0.25, 0.3) is 0 Å². The van der Waals surface area contributed by atoms with Crippen molar-refractivity contribution in [2.24, 2.45) is 0 Å². The van der Waals surface area contributed by atoms with Gasteiger partial charge in [0, 0.05) is 7.11 Å². The maximum Gasteiger partial charge on any atom is 0.234 e. The molecular formula is C5H7O2. The molecule has 0 bridgehead atoms. The third-order valence-corrected chi connectivity index (χ3v) is 0.584. The average molecular weight is 99.1 g/mol. The zero-order valence-corrected chi connectivity index (χ0v) is 4.18. The molecule has 2 heteroatoms. The minimum atomic E-state index is -0.556. The van der Waals surface area contributed by atoms with Gasteiger partial charge in [-0.15, -0.1) is 6.58 Å². The van der Waals surface area contributed by atoms with E-state index in [2.05, 4.69) is 11.3 Å². The van der Waals surface area contributed by atoms with E-state index in [0.717, 1.165) is 0 Å². The predicted molar refractivity (Wildman–Crippen MR) is 26.7 cm³/mol. The molecule has 0 heterocycles. The summed E-state index contributed by atoms with van der Waals surface area (Å²) in [7, 11) is 1.43. The standard InChI is InChI=1S/C5H7O2/c1-3-5(4-6)7-2/h3,5H,1H2,2H3. The summed E-state index contributed by atoms with van der Waals surface area (Å²) in [5, 5.41) is 0. The molecule has 39 valence electrons. The van der Waals surface area contributed by atoms with Crippen molar-refractivity contribution in [3.8, 4) is 0 Å². The lowest BCUT2D eigenvalue weighted by Gasteiger charge is -1.94. The molecule has 1 radical (unpaired) electrons. The number of hydrogen-bond acceptors (Lipinski definition) is 2. The van der Waals surface area contributed by atoms with Crippen LogP contribution in [0.5, 0.6) is 0 Å². The van der Waals surface area contributed by atoms with Crippen LogP contribution in [-0.4, -0.2) is 19.5 Å². The van der Waals surface area contributed by atoms with E-state index < -0.39 is 6.10 Å². The largest absolute Gasteiger partial charge is 0.369 e. The molecule has 0 N–H and O–H groups in total. The van der Waals surface area contributed by atoms with Gasteiger partial charge in [0.1, 0.15) is 6.10 Å². The van der Waals surface area contributed by atoms with Gasteiger partial charge in [0.15, 0.2) is 0 Å². The van der Waals surface area contributed by atoms with E-state index in [1.165, 1.54) is 13.2 Å². The fourth-order valence-electron chi connectivity index (χ4n) is 0.192. The molecule has 0 saturated carbocycles. The average Bonchev–Trinajstić information content (AvgIpc) is 1.72. The van der Waals surface area contributed by atoms with Crippen molar-refractivity contribution in [2.45, 2.75) is 6.10 Å². The van der Waals surface area contributed by atoms with Crippen molar-refractivity contribution in [3.05, 3.63) is 12.7 Å². The molecule has 0 rings (SSSR count). The first-order chi connectivity index (χ1) is 3.35. The summed E-state index contributed by atoms with van der Waals surface area (Å²) in [5.41, 5.74) is 0. The first-order valence-corrected chi connectivity index (χ1v) is 1.88. The fraction of sp³-hybridized carbons (Fsp3) is 0.400. The van der Waals surface area contributed by atoms with Crippen molar-refractivity contribution in [3.63, 3.8) is 0 Å². The third-order valence-electron chi connectivity index (χ3n) is 0.584. The van der Waals surface area contributed by atoms with Gasteiger partial charge in [-0.3, -0.25) is 4.79 Å². The Morgan fingerprint density at radius 3 is 2.57 bits per heavy atom. The van der Waals surface area contributed by atoms with Crippen molar-refractivity contribution in [1.82, 2.24) is 0 Å². The Hall–Kier alpha value is -0.630. The molecule has 0 amide bonds. The number of methoxy groups -OCH3 is 1. The van der Waals surface area contributed by atoms with E-state index in [4.69, 9.17) is 0 Å². The molecule has 0 fully saturated rings. The van der Waals surface area contributed by atoms with E-state index in [-0.39, 0.29) is 0 Å². The second-order valence-corrected chi connectivity index (χ2v) is 1.01. The van der Waals surface area contributed by atoms with Crippen LogP contribution in [0.15, 0.2) is 12.7 Å². The molecule has 1 unspecified atom stereocenters. The summed E-state index contributed by atoms with van der Waals surface area (Å²) in [4.78, 5) is 9.65. The Labute approximate surface area is 42.8 Å². The molecule has 0 aliphatic heterocycles. The number of hydrogen-bond donors (Lipinski definition) is 0. The molecule has 0 spiro atoms. The van der Waals surface area contributed by atoms with Crippen LogP contribution in [0.2, 0.25) is 0 Å². The Bertz CT molecular complexity index is 60.5. The summed E-state index contributed by atoms with van der Waals surface area (Å²) < 4.78 is 4.51. The van der Waals surface area contributed by atoms with Gasteiger partial charge in [-0.05, 0) is 0 Å². The lowest BCUT2D eigenvalue weighted by atomic mass is 10.4. The normalized spacial score (nSPS) is 12.7. The van der Waals surface area contributed by atoms with Gasteiger partial charge >= 0.3 is 0 Å². The summed E-state index contributed by atoms with van der Waals surface area (Å²) in [6.45, 7) is 3.32. The minimum Gasteiger partial charge on any atom is -0.369 e. The second kappa shape index (κ2) is 3.56. The molecule has 0 aliphatic carbocycles. The molecule has 2 nitrogen and oxygen atoms in total. The molecule has 0 aromatic carbocycles. The molecular weight excluding hydrogens is 92.1 g/mol. The highest BCUT2D eigenvalue weighted by molar-refractivity contribution is 5.59. The van der Waals surface area contributed by atoms with E-state index in [1.807, 2.05) is 0 Å². The van der Waals surface area contributed by atoms with E-state index in [9.17, 15) is 4.79 Å². The topological polar surface area (TPSA) is 26.3 Å². The van der Waals surface area contributed by atoms with Crippen molar-refractivity contribution >= 4 is 6.29 Å². The van der Waals surface area contributed by atoms with Gasteiger partial charge < -0.3 is 4.74 Å². The number of carbonyl (C=O) groups excluding carboxylic acids is 1. The van der Waals surface area contributed by atoms with E-state index in [0.29, 0.717) is 0 Å². The number of rotatable bonds is 3. The molecule has 1 atom stereocenters. The van der Waals surface area contributed by atoms with Gasteiger partial charge in [-0.2, -0.15) is 0 Å². The highest BCUT2D eigenvalue weighted by Gasteiger charge is 1.95. The maximum absolute atomic E-state index is 9.65. The molecule has 7 heavy (non-hydrogen) atoms. The summed E-state index contributed by atoms with van der Waals surface area (Å²) >= 11 is 0. The molecule has 0 aliphatic rings. The Morgan fingerprint density at radius 1 is 2.00 bits per heavy atom. The van der Waals surface area contributed by atoms with Gasteiger partial charge in [0.05, 0.1) is 0 Å². The van der Waals surface area contributed by atoms with Crippen LogP contribution in [0.4, 0.5) is 0 Å². The predicted octanol–water partition coefficient (Wildman–Crippen LogP) is 0.297. The molecule has 0 aromatic heterocycles. The zero-order valence-electron chi connectivity index (χ0n) is 4.18. The minimum absolute atomic E-state index is 0.556. The second-order valence-electron chi connectivity index (χ2n) is 1.01. The third kappa shape index (κ3) is 2.11. The van der Waals surface area contributed by atoms with Crippen molar-refractivity contribution in [2.75, 3.05) is 7.11 Å². The first kappa shape index (κ1) is 6.37. The van der Waals surface area contributed by atoms with Gasteiger partial charge in [-0.25, -0.2) is 0 Å². The SMILES string of the molecule is C=CC([C]=O)OC. The van der Waals surface area contributed by atoms with Gasteiger partial charge in [-0.1, -0.05) is 6.08 Å². The zero-order chi connectivity index (χ0) is 5.70. The Kier molecular flexibility index (Phi) is 3.24. The Balaban J connectivity index is 3.36. The quantitative estimate of drug-likeness (QED) is 0.475. The van der Waals surface area contributed by atoms with E-state index >= 15 is 0 Å². The van der Waals surface area contributed by atoms with Crippen LogP contribution in [0.3, 0.4) is 0 Å². The van der Waals surface area contributed by atoms with Gasteiger partial charge in [0.2, 0.25) is 6.29 Å². The first-order valence-electron chi connectivity index (χ1n) is 1.88. The Morgan fingerprint density at radius 2 is 2.57 bits per heavy atom. The van der Waals surface area contributed by atoms with Crippen LogP contribution in [0.25, 0.3) is 0 Å². The van der Waals surface area contributed by atoms with Crippen molar-refractivity contribution in [1.29, 1.82) is 0 Å². The van der Waals surface area contributed by atoms with Crippen LogP contribution < -0.4 is 0 Å². The van der Waals surface area contributed by atoms with Crippen LogP contribution in [0.1, 0.15) is 0 Å². The van der Waals surface area contributed by atoms with E-state index in [1.54, 1.807) is 6.29 Å². The van der Waals surface area contributed by atoms with Crippen LogP contribution in [-0.2, 0) is 9.53 Å². The smallest absolute Gasteiger partial charge is 0.234 e. The highest BCUT2D eigenvalue weighted by Crippen LogP contribution is 1.81. The number of ether oxygens (including phenoxy) is 1. The summed E-state index contributed by atoms with van der Waals surface area (Å²) in [5.74, 6) is 0. The van der Waals surface area contributed by atoms with Crippen LogP contribution >= 0.6 is 0 Å². The maximum atomic E-state index is 9.65. The summed E-state index contributed by atoms with van der Waals surface area (Å²) in [6.07, 6.45) is 2.44. The van der Waals surface area contributed by atoms with Crippen molar-refractivity contribution < 1.29 is 9.53 Å². The molecule has 0 aromatic rings. The lowest BCUT2D eigenvalue weighted by molar-refractivity contribution is 0.187. The molecule has 0 saturated heterocycles. The lowest BCUT2D eigenvalue weighted by Crippen LogP contribution is -2.06.